The van der Waals surface area contributed by atoms with Gasteiger partial charge < -0.3 is 9.84 Å². The molecule has 1 rings (SSSR count). The van der Waals surface area contributed by atoms with Crippen LogP contribution in [0.25, 0.3) is 0 Å². The van der Waals surface area contributed by atoms with Crippen molar-refractivity contribution in [2.45, 2.75) is 32.0 Å². The zero-order chi connectivity index (χ0) is 13.8. The molecule has 3 nitrogen and oxygen atoms in total. The number of rotatable bonds is 5. The number of aliphatic hydroxyl groups excluding tert-OH is 1. The molecule has 1 aromatic rings. The third-order valence-electron chi connectivity index (χ3n) is 2.13. The van der Waals surface area contributed by atoms with E-state index in [9.17, 15) is 23.1 Å². The molecule has 1 aromatic heterocycles. The van der Waals surface area contributed by atoms with Crippen molar-refractivity contribution in [1.29, 1.82) is 0 Å². The summed E-state index contributed by atoms with van der Waals surface area (Å²) in [6.45, 7) is 1.88. The molecular weight excluding hydrogens is 269 g/mol. The summed E-state index contributed by atoms with van der Waals surface area (Å²) >= 11 is 0.948. The molecule has 102 valence electrons. The van der Waals surface area contributed by atoms with Crippen LogP contribution < -0.4 is 0 Å². The zero-order valence-corrected chi connectivity index (χ0v) is 10.5. The minimum atomic E-state index is -4.29. The van der Waals surface area contributed by atoms with Crippen molar-refractivity contribution in [2.75, 3.05) is 6.61 Å². The van der Waals surface area contributed by atoms with Crippen LogP contribution in [-0.4, -0.2) is 23.9 Å². The lowest BCUT2D eigenvalue weighted by Gasteiger charge is -2.10. The molecule has 0 aliphatic carbocycles. The van der Waals surface area contributed by atoms with Crippen LogP contribution in [0.4, 0.5) is 13.2 Å². The van der Waals surface area contributed by atoms with Crippen LogP contribution in [0.5, 0.6) is 0 Å². The molecule has 0 amide bonds. The molecule has 0 fully saturated rings. The fraction of sp³-hybridized carbons (Fsp3) is 0.545. The molecule has 0 saturated heterocycles. The third-order valence-corrected chi connectivity index (χ3v) is 3.30. The topological polar surface area (TPSA) is 46.5 Å². The van der Waals surface area contributed by atoms with Crippen LogP contribution in [0.1, 0.15) is 40.4 Å². The molecule has 0 aromatic carbocycles. The highest BCUT2D eigenvalue weighted by Gasteiger charge is 2.28. The predicted molar refractivity (Wildman–Crippen MR) is 60.5 cm³/mol. The number of alkyl halides is 3. The van der Waals surface area contributed by atoms with Gasteiger partial charge in [-0.3, -0.25) is 0 Å². The minimum Gasteiger partial charge on any atom is -0.462 e. The van der Waals surface area contributed by atoms with Gasteiger partial charge in [0.2, 0.25) is 0 Å². The quantitative estimate of drug-likeness (QED) is 0.843. The summed E-state index contributed by atoms with van der Waals surface area (Å²) in [5.41, 5.74) is 0. The number of ether oxygens (including phenoxy) is 1. The number of carbonyl (C=O) groups excluding carboxylic acids is 1. The van der Waals surface area contributed by atoms with Gasteiger partial charge in [0, 0.05) is 11.3 Å². The Balaban J connectivity index is 2.59. The molecule has 0 aliphatic heterocycles. The number of esters is 1. The fourth-order valence-electron chi connectivity index (χ4n) is 1.29. The first-order chi connectivity index (χ1) is 8.33. The maximum Gasteiger partial charge on any atom is 0.389 e. The first-order valence-electron chi connectivity index (χ1n) is 5.35. The average Bonchev–Trinajstić information content (AvgIpc) is 2.74. The van der Waals surface area contributed by atoms with Crippen molar-refractivity contribution in [2.24, 2.45) is 0 Å². The predicted octanol–water partition coefficient (Wildman–Crippen LogP) is 3.30. The Morgan fingerprint density at radius 2 is 2.17 bits per heavy atom. The Morgan fingerprint density at radius 3 is 2.72 bits per heavy atom. The summed E-state index contributed by atoms with van der Waals surface area (Å²) < 4.78 is 40.7. The van der Waals surface area contributed by atoms with E-state index >= 15 is 0 Å². The number of hydrogen-bond donors (Lipinski definition) is 1. The van der Waals surface area contributed by atoms with Gasteiger partial charge in [-0.25, -0.2) is 4.79 Å². The van der Waals surface area contributed by atoms with E-state index in [2.05, 4.69) is 0 Å². The highest BCUT2D eigenvalue weighted by molar-refractivity contribution is 7.14. The van der Waals surface area contributed by atoms with E-state index in [4.69, 9.17) is 4.74 Å². The Labute approximate surface area is 106 Å². The summed E-state index contributed by atoms with van der Waals surface area (Å²) in [6, 6.07) is 2.88. The van der Waals surface area contributed by atoms with Gasteiger partial charge in [0.15, 0.2) is 0 Å². The maximum atomic E-state index is 12.0. The molecule has 0 aliphatic rings. The zero-order valence-electron chi connectivity index (χ0n) is 9.66. The van der Waals surface area contributed by atoms with Crippen molar-refractivity contribution in [1.82, 2.24) is 0 Å². The van der Waals surface area contributed by atoms with Gasteiger partial charge in [0.1, 0.15) is 4.88 Å². The summed E-state index contributed by atoms with van der Waals surface area (Å²) in [4.78, 5) is 11.9. The van der Waals surface area contributed by atoms with Crippen molar-refractivity contribution in [3.8, 4) is 0 Å². The van der Waals surface area contributed by atoms with Crippen LogP contribution in [0.15, 0.2) is 12.1 Å². The Bertz CT molecular complexity index is 400. The SMILES string of the molecule is CCOC(=O)c1ccc(C(O)CCC(F)(F)F)s1. The highest BCUT2D eigenvalue weighted by atomic mass is 32.1. The van der Waals surface area contributed by atoms with E-state index in [1.165, 1.54) is 12.1 Å². The highest BCUT2D eigenvalue weighted by Crippen LogP contribution is 2.31. The Kier molecular flexibility index (Phi) is 5.15. The molecule has 1 heterocycles. The number of aliphatic hydroxyl groups is 1. The van der Waals surface area contributed by atoms with Crippen LogP contribution in [0, 0.1) is 0 Å². The van der Waals surface area contributed by atoms with Crippen LogP contribution >= 0.6 is 11.3 Å². The fourth-order valence-corrected chi connectivity index (χ4v) is 2.21. The Morgan fingerprint density at radius 1 is 1.50 bits per heavy atom. The number of halogens is 3. The van der Waals surface area contributed by atoms with Crippen LogP contribution in [0.3, 0.4) is 0 Å². The molecule has 7 heteroatoms. The van der Waals surface area contributed by atoms with Crippen LogP contribution in [0.2, 0.25) is 0 Å². The first-order valence-corrected chi connectivity index (χ1v) is 6.17. The summed E-state index contributed by atoms with van der Waals surface area (Å²) in [6.07, 6.45) is -6.96. The molecule has 18 heavy (non-hydrogen) atoms. The lowest BCUT2D eigenvalue weighted by atomic mass is 10.1. The normalized spacial score (nSPS) is 13.4. The second-order valence-electron chi connectivity index (χ2n) is 3.59. The number of carbonyl (C=O) groups is 1. The molecule has 0 radical (unpaired) electrons. The van der Waals surface area contributed by atoms with E-state index in [0.717, 1.165) is 11.3 Å². The molecule has 0 spiro atoms. The monoisotopic (exact) mass is 282 g/mol. The van der Waals surface area contributed by atoms with E-state index in [0.29, 0.717) is 4.88 Å². The Hall–Kier alpha value is -1.08. The van der Waals surface area contributed by atoms with Crippen LogP contribution in [-0.2, 0) is 4.74 Å². The number of thiophene rings is 1. The van der Waals surface area contributed by atoms with Crippen molar-refractivity contribution in [3.63, 3.8) is 0 Å². The standard InChI is InChI=1S/C11H13F3O3S/c1-2-17-10(16)9-4-3-8(18-9)7(15)5-6-11(12,13)14/h3-4,7,15H,2,5-6H2,1H3. The second kappa shape index (κ2) is 6.19. The van der Waals surface area contributed by atoms with E-state index in [1.807, 2.05) is 0 Å². The molecule has 0 bridgehead atoms. The largest absolute Gasteiger partial charge is 0.462 e. The molecular formula is C11H13F3O3S. The second-order valence-corrected chi connectivity index (χ2v) is 4.71. The van der Waals surface area contributed by atoms with E-state index in [-0.39, 0.29) is 11.5 Å². The number of hydrogen-bond acceptors (Lipinski definition) is 4. The molecule has 0 saturated carbocycles. The first kappa shape index (κ1) is 15.0. The van der Waals surface area contributed by atoms with Gasteiger partial charge in [-0.15, -0.1) is 11.3 Å². The van der Waals surface area contributed by atoms with Crippen molar-refractivity contribution < 1.29 is 27.8 Å². The molecule has 1 N–H and O–H groups in total. The van der Waals surface area contributed by atoms with Gasteiger partial charge in [0.25, 0.3) is 0 Å². The lowest BCUT2D eigenvalue weighted by Crippen LogP contribution is -2.09. The third kappa shape index (κ3) is 4.66. The lowest BCUT2D eigenvalue weighted by molar-refractivity contribution is -0.140. The molecule has 1 atom stereocenters. The summed E-state index contributed by atoms with van der Waals surface area (Å²) in [5.74, 6) is -0.531. The van der Waals surface area contributed by atoms with Gasteiger partial charge in [0.05, 0.1) is 12.7 Å². The summed E-state index contributed by atoms with van der Waals surface area (Å²) in [5, 5.41) is 9.57. The van der Waals surface area contributed by atoms with Gasteiger partial charge in [-0.05, 0) is 25.5 Å². The average molecular weight is 282 g/mol. The minimum absolute atomic E-state index is 0.225. The van der Waals surface area contributed by atoms with Crippen molar-refractivity contribution in [3.05, 3.63) is 21.9 Å². The van der Waals surface area contributed by atoms with Gasteiger partial charge >= 0.3 is 12.1 Å². The summed E-state index contributed by atoms with van der Waals surface area (Å²) in [7, 11) is 0. The van der Waals surface area contributed by atoms with E-state index in [1.54, 1.807) is 6.92 Å². The van der Waals surface area contributed by atoms with Crippen molar-refractivity contribution >= 4 is 17.3 Å². The smallest absolute Gasteiger partial charge is 0.389 e. The molecule has 1 unspecified atom stereocenters. The van der Waals surface area contributed by atoms with Gasteiger partial charge in [-0.1, -0.05) is 0 Å². The van der Waals surface area contributed by atoms with Gasteiger partial charge in [-0.2, -0.15) is 13.2 Å². The maximum absolute atomic E-state index is 12.0. The van der Waals surface area contributed by atoms with E-state index < -0.39 is 31.1 Å².